The Morgan fingerprint density at radius 1 is 1.33 bits per heavy atom. The molecule has 0 aliphatic rings. The van der Waals surface area contributed by atoms with Crippen molar-refractivity contribution in [2.45, 2.75) is 24.7 Å². The summed E-state index contributed by atoms with van der Waals surface area (Å²) < 4.78 is 28.0. The van der Waals surface area contributed by atoms with Gasteiger partial charge in [-0.1, -0.05) is 6.92 Å². The Morgan fingerprint density at radius 3 is 2.67 bits per heavy atom. The molecule has 0 saturated carbocycles. The molecular weight excluding hydrogens is 356 g/mol. The van der Waals surface area contributed by atoms with Gasteiger partial charge < -0.3 is 10.2 Å². The Balaban J connectivity index is 2.83. The Hall–Kier alpha value is -0.700. The smallest absolute Gasteiger partial charge is 0.244 e. The van der Waals surface area contributed by atoms with Gasteiger partial charge in [-0.3, -0.25) is 0 Å². The van der Waals surface area contributed by atoms with Crippen molar-refractivity contribution in [2.75, 3.05) is 39.0 Å². The van der Waals surface area contributed by atoms with Gasteiger partial charge in [-0.05, 0) is 55.5 Å². The summed E-state index contributed by atoms with van der Waals surface area (Å²) in [6.45, 7) is 3.93. The molecule has 2 N–H and O–H groups in total. The number of nitrogens with one attached hydrogen (secondary N) is 2. The number of hydrogen-bond donors (Lipinski definition) is 2. The number of sulfonamides is 1. The third-order valence-corrected chi connectivity index (χ3v) is 4.63. The molecule has 1 rings (SSSR count). The van der Waals surface area contributed by atoms with Crippen molar-refractivity contribution in [1.29, 1.82) is 0 Å². The number of rotatable bonds is 9. The second-order valence-electron chi connectivity index (χ2n) is 4.98. The van der Waals surface area contributed by atoms with Gasteiger partial charge in [0.1, 0.15) is 10.7 Å². The minimum atomic E-state index is -3.57. The maximum absolute atomic E-state index is 12.4. The first-order valence-corrected chi connectivity index (χ1v) is 9.18. The molecule has 120 valence electrons. The average Bonchev–Trinajstić information content (AvgIpc) is 2.42. The molecular formula is C13H23BrN4O2S. The zero-order valence-electron chi connectivity index (χ0n) is 12.7. The molecule has 21 heavy (non-hydrogen) atoms. The molecule has 1 aromatic heterocycles. The van der Waals surface area contributed by atoms with Crippen LogP contribution >= 0.6 is 15.9 Å². The van der Waals surface area contributed by atoms with E-state index >= 15 is 0 Å². The molecule has 0 amide bonds. The molecule has 1 aromatic rings. The van der Waals surface area contributed by atoms with Gasteiger partial charge in [-0.2, -0.15) is 0 Å². The van der Waals surface area contributed by atoms with Crippen LogP contribution in [0.3, 0.4) is 0 Å². The summed E-state index contributed by atoms with van der Waals surface area (Å²) in [5.74, 6) is 0.389. The summed E-state index contributed by atoms with van der Waals surface area (Å²) in [4.78, 5) is 6.35. The summed E-state index contributed by atoms with van der Waals surface area (Å²) in [5.41, 5.74) is 0. The maximum Gasteiger partial charge on any atom is 0.244 e. The molecule has 6 nitrogen and oxygen atoms in total. The van der Waals surface area contributed by atoms with Gasteiger partial charge >= 0.3 is 0 Å². The standard InChI is InChI=1S/C13H23BrN4O2S/c1-4-6-15-13-12(9-11(14)10-16-13)21(19,20)17-7-5-8-18(2)3/h9-10,17H,4-8H2,1-3H3,(H,15,16). The van der Waals surface area contributed by atoms with E-state index in [1.54, 1.807) is 12.3 Å². The molecule has 0 saturated heterocycles. The highest BCUT2D eigenvalue weighted by Gasteiger charge is 2.19. The quantitative estimate of drug-likeness (QED) is 0.641. The van der Waals surface area contributed by atoms with Crippen molar-refractivity contribution < 1.29 is 8.42 Å². The lowest BCUT2D eigenvalue weighted by molar-refractivity contribution is 0.400. The fourth-order valence-electron chi connectivity index (χ4n) is 1.68. The molecule has 0 radical (unpaired) electrons. The molecule has 0 atom stereocenters. The van der Waals surface area contributed by atoms with E-state index in [4.69, 9.17) is 0 Å². The van der Waals surface area contributed by atoms with Crippen LogP contribution in [0.4, 0.5) is 5.82 Å². The van der Waals surface area contributed by atoms with Gasteiger partial charge in [-0.15, -0.1) is 0 Å². The number of aromatic nitrogens is 1. The Labute approximate surface area is 135 Å². The molecule has 0 aromatic carbocycles. The minimum Gasteiger partial charge on any atom is -0.369 e. The van der Waals surface area contributed by atoms with Gasteiger partial charge in [-0.25, -0.2) is 18.1 Å². The normalized spacial score (nSPS) is 11.9. The molecule has 0 spiro atoms. The lowest BCUT2D eigenvalue weighted by Crippen LogP contribution is -2.28. The predicted molar refractivity (Wildman–Crippen MR) is 89.1 cm³/mol. The fraction of sp³-hybridized carbons (Fsp3) is 0.615. The monoisotopic (exact) mass is 378 g/mol. The van der Waals surface area contributed by atoms with Crippen LogP contribution in [0.1, 0.15) is 19.8 Å². The summed E-state index contributed by atoms with van der Waals surface area (Å²) in [5, 5.41) is 3.05. The summed E-state index contributed by atoms with van der Waals surface area (Å²) in [6, 6.07) is 1.57. The van der Waals surface area contributed by atoms with Crippen molar-refractivity contribution in [1.82, 2.24) is 14.6 Å². The zero-order valence-corrected chi connectivity index (χ0v) is 15.1. The van der Waals surface area contributed by atoms with E-state index in [1.165, 1.54) is 0 Å². The van der Waals surface area contributed by atoms with Crippen LogP contribution in [0.2, 0.25) is 0 Å². The molecule has 0 aliphatic carbocycles. The lowest BCUT2D eigenvalue weighted by Gasteiger charge is -2.13. The van der Waals surface area contributed by atoms with Crippen LogP contribution in [0.5, 0.6) is 0 Å². The van der Waals surface area contributed by atoms with Crippen molar-refractivity contribution in [3.8, 4) is 0 Å². The van der Waals surface area contributed by atoms with Crippen molar-refractivity contribution in [3.63, 3.8) is 0 Å². The summed E-state index contributed by atoms with van der Waals surface area (Å²) in [7, 11) is 0.350. The highest BCUT2D eigenvalue weighted by molar-refractivity contribution is 9.10. The second-order valence-corrected chi connectivity index (χ2v) is 7.63. The molecule has 8 heteroatoms. The average molecular weight is 379 g/mol. The van der Waals surface area contributed by atoms with Gasteiger partial charge in [0.2, 0.25) is 10.0 Å². The van der Waals surface area contributed by atoms with Crippen LogP contribution < -0.4 is 10.0 Å². The van der Waals surface area contributed by atoms with E-state index in [2.05, 4.69) is 31.0 Å². The van der Waals surface area contributed by atoms with Gasteiger partial charge in [0, 0.05) is 23.8 Å². The molecule has 0 aliphatic heterocycles. The van der Waals surface area contributed by atoms with E-state index < -0.39 is 10.0 Å². The first-order chi connectivity index (χ1) is 9.86. The van der Waals surface area contributed by atoms with Gasteiger partial charge in [0.25, 0.3) is 0 Å². The van der Waals surface area contributed by atoms with Crippen LogP contribution in [0.25, 0.3) is 0 Å². The van der Waals surface area contributed by atoms with E-state index in [0.717, 1.165) is 19.4 Å². The third-order valence-electron chi connectivity index (χ3n) is 2.73. The highest BCUT2D eigenvalue weighted by atomic mass is 79.9. The van der Waals surface area contributed by atoms with Crippen LogP contribution in [0.15, 0.2) is 21.6 Å². The Morgan fingerprint density at radius 2 is 2.05 bits per heavy atom. The predicted octanol–water partition coefficient (Wildman–Crippen LogP) is 1.90. The lowest BCUT2D eigenvalue weighted by atomic mass is 10.4. The minimum absolute atomic E-state index is 0.176. The molecule has 0 fully saturated rings. The largest absolute Gasteiger partial charge is 0.369 e. The van der Waals surface area contributed by atoms with E-state index in [1.807, 2.05) is 25.9 Å². The van der Waals surface area contributed by atoms with Gasteiger partial charge in [0.05, 0.1) is 0 Å². The zero-order chi connectivity index (χ0) is 15.9. The maximum atomic E-state index is 12.4. The summed E-state index contributed by atoms with van der Waals surface area (Å²) >= 11 is 3.27. The fourth-order valence-corrected chi connectivity index (χ4v) is 3.39. The third kappa shape index (κ3) is 6.29. The Bertz CT molecular complexity index is 549. The molecule has 0 bridgehead atoms. The second kappa shape index (κ2) is 8.67. The first-order valence-electron chi connectivity index (χ1n) is 6.90. The van der Waals surface area contributed by atoms with Gasteiger partial charge in [0.15, 0.2) is 0 Å². The van der Waals surface area contributed by atoms with E-state index in [0.29, 0.717) is 23.4 Å². The van der Waals surface area contributed by atoms with E-state index in [9.17, 15) is 8.42 Å². The highest BCUT2D eigenvalue weighted by Crippen LogP contribution is 2.22. The first kappa shape index (κ1) is 18.3. The molecule has 0 unspecified atom stereocenters. The van der Waals surface area contributed by atoms with Crippen molar-refractivity contribution in [3.05, 3.63) is 16.7 Å². The number of pyridine rings is 1. The number of nitrogens with zero attached hydrogens (tertiary/aromatic N) is 2. The number of halogens is 1. The van der Waals surface area contributed by atoms with E-state index in [-0.39, 0.29) is 4.90 Å². The van der Waals surface area contributed by atoms with Crippen molar-refractivity contribution >= 4 is 31.8 Å². The van der Waals surface area contributed by atoms with Crippen LogP contribution in [-0.2, 0) is 10.0 Å². The van der Waals surface area contributed by atoms with Crippen LogP contribution in [-0.4, -0.2) is 52.0 Å². The van der Waals surface area contributed by atoms with Crippen LogP contribution in [0, 0.1) is 0 Å². The van der Waals surface area contributed by atoms with Crippen molar-refractivity contribution in [2.24, 2.45) is 0 Å². The SMILES string of the molecule is CCCNc1ncc(Br)cc1S(=O)(=O)NCCCN(C)C. The topological polar surface area (TPSA) is 74.3 Å². The number of hydrogen-bond acceptors (Lipinski definition) is 5. The summed E-state index contributed by atoms with van der Waals surface area (Å²) in [6.07, 6.45) is 3.24. The molecule has 1 heterocycles. The number of anilines is 1. The Kier molecular flexibility index (Phi) is 7.58.